The zero-order valence-electron chi connectivity index (χ0n) is 9.03. The highest BCUT2D eigenvalue weighted by Crippen LogP contribution is 2.24. The van der Waals surface area contributed by atoms with Crippen LogP contribution in [0.15, 0.2) is 41.3 Å². The summed E-state index contributed by atoms with van der Waals surface area (Å²) in [5.41, 5.74) is 1.43. The molecule has 0 saturated carbocycles. The van der Waals surface area contributed by atoms with Crippen molar-refractivity contribution in [2.24, 2.45) is 0 Å². The van der Waals surface area contributed by atoms with Crippen molar-refractivity contribution in [1.82, 2.24) is 0 Å². The van der Waals surface area contributed by atoms with Crippen LogP contribution in [0.4, 0.5) is 0 Å². The van der Waals surface area contributed by atoms with Crippen molar-refractivity contribution in [2.75, 3.05) is 0 Å². The molecule has 0 aliphatic carbocycles. The minimum atomic E-state index is 1.07. The van der Waals surface area contributed by atoms with Crippen molar-refractivity contribution in [3.05, 3.63) is 42.0 Å². The summed E-state index contributed by atoms with van der Waals surface area (Å²) in [6, 6.07) is 12.9. The van der Waals surface area contributed by atoms with Crippen LogP contribution >= 0.6 is 12.6 Å². The fourth-order valence-corrected chi connectivity index (χ4v) is 2.24. The quantitative estimate of drug-likeness (QED) is 0.719. The predicted octanol–water partition coefficient (Wildman–Crippen LogP) is 4.47. The van der Waals surface area contributed by atoms with Gasteiger partial charge in [-0.2, -0.15) is 0 Å². The molecule has 0 atom stereocenters. The van der Waals surface area contributed by atoms with E-state index < -0.39 is 0 Å². The molecular formula is C14H16S. The lowest BCUT2D eigenvalue weighted by atomic mass is 10.0. The fraction of sp³-hybridized carbons (Fsp3) is 0.286. The maximum atomic E-state index is 4.45. The number of unbranched alkanes of at least 4 members (excludes halogenated alkanes) is 1. The van der Waals surface area contributed by atoms with Gasteiger partial charge < -0.3 is 0 Å². The van der Waals surface area contributed by atoms with Gasteiger partial charge in [-0.1, -0.05) is 37.6 Å². The lowest BCUT2D eigenvalue weighted by Gasteiger charge is -2.07. The standard InChI is InChI=1S/C14H16S/c1-2-3-6-11-9-13(15)10-12-7-4-5-8-14(11)12/h4-5,7-10,15H,2-3,6H2,1H3. The second-order valence-electron chi connectivity index (χ2n) is 3.93. The van der Waals surface area contributed by atoms with E-state index in [0.29, 0.717) is 0 Å². The van der Waals surface area contributed by atoms with Crippen LogP contribution in [0.3, 0.4) is 0 Å². The molecule has 78 valence electrons. The average molecular weight is 216 g/mol. The van der Waals surface area contributed by atoms with E-state index in [1.807, 2.05) is 0 Å². The summed E-state index contributed by atoms with van der Waals surface area (Å²) in [5, 5.41) is 2.68. The number of benzene rings is 2. The number of thiol groups is 1. The molecule has 2 aromatic carbocycles. The Bertz CT molecular complexity index is 460. The Hall–Kier alpha value is -0.950. The molecule has 1 heteroatoms. The van der Waals surface area contributed by atoms with Crippen LogP contribution in [0.5, 0.6) is 0 Å². The van der Waals surface area contributed by atoms with E-state index in [4.69, 9.17) is 0 Å². The second-order valence-corrected chi connectivity index (χ2v) is 4.45. The molecule has 0 aromatic heterocycles. The first-order valence-corrected chi connectivity index (χ1v) is 5.96. The number of fused-ring (bicyclic) bond motifs is 1. The summed E-state index contributed by atoms with van der Waals surface area (Å²) >= 11 is 4.45. The first-order chi connectivity index (χ1) is 7.31. The molecule has 15 heavy (non-hydrogen) atoms. The van der Waals surface area contributed by atoms with Crippen molar-refractivity contribution in [3.8, 4) is 0 Å². The molecule has 0 bridgehead atoms. The molecule has 2 rings (SSSR count). The molecular weight excluding hydrogens is 200 g/mol. The predicted molar refractivity (Wildman–Crippen MR) is 69.8 cm³/mol. The van der Waals surface area contributed by atoms with Crippen molar-refractivity contribution in [3.63, 3.8) is 0 Å². The van der Waals surface area contributed by atoms with E-state index in [1.54, 1.807) is 0 Å². The van der Waals surface area contributed by atoms with E-state index in [1.165, 1.54) is 29.2 Å². The van der Waals surface area contributed by atoms with Gasteiger partial charge in [0.1, 0.15) is 0 Å². The normalized spacial score (nSPS) is 10.8. The highest BCUT2D eigenvalue weighted by atomic mass is 32.1. The highest BCUT2D eigenvalue weighted by Gasteiger charge is 2.01. The van der Waals surface area contributed by atoms with E-state index in [2.05, 4.69) is 56.0 Å². The Morgan fingerprint density at radius 2 is 1.93 bits per heavy atom. The van der Waals surface area contributed by atoms with Gasteiger partial charge in [0, 0.05) is 4.90 Å². The molecule has 2 aromatic rings. The molecule has 0 N–H and O–H groups in total. The molecule has 0 saturated heterocycles. The van der Waals surface area contributed by atoms with Gasteiger partial charge in [-0.05, 0) is 41.3 Å². The van der Waals surface area contributed by atoms with Crippen LogP contribution in [0, 0.1) is 0 Å². The smallest absolute Gasteiger partial charge is 0.00491 e. The third-order valence-electron chi connectivity index (χ3n) is 2.73. The average Bonchev–Trinajstić information content (AvgIpc) is 2.25. The Morgan fingerprint density at radius 1 is 1.13 bits per heavy atom. The van der Waals surface area contributed by atoms with Crippen LogP contribution in [-0.2, 0) is 6.42 Å². The molecule has 0 fully saturated rings. The van der Waals surface area contributed by atoms with Crippen LogP contribution < -0.4 is 0 Å². The van der Waals surface area contributed by atoms with Gasteiger partial charge in [-0.25, -0.2) is 0 Å². The third-order valence-corrected chi connectivity index (χ3v) is 2.99. The van der Waals surface area contributed by atoms with E-state index in [0.717, 1.165) is 11.3 Å². The monoisotopic (exact) mass is 216 g/mol. The number of hydrogen-bond acceptors (Lipinski definition) is 1. The van der Waals surface area contributed by atoms with Gasteiger partial charge in [0.25, 0.3) is 0 Å². The molecule has 0 amide bonds. The minimum absolute atomic E-state index is 1.07. The molecule has 0 aliphatic heterocycles. The Morgan fingerprint density at radius 3 is 2.73 bits per heavy atom. The number of rotatable bonds is 3. The zero-order chi connectivity index (χ0) is 10.7. The molecule has 0 heterocycles. The maximum absolute atomic E-state index is 4.45. The van der Waals surface area contributed by atoms with E-state index in [9.17, 15) is 0 Å². The first-order valence-electron chi connectivity index (χ1n) is 5.52. The SMILES string of the molecule is CCCCc1cc(S)cc2ccccc12. The van der Waals surface area contributed by atoms with Crippen LogP contribution in [-0.4, -0.2) is 0 Å². The summed E-state index contributed by atoms with van der Waals surface area (Å²) in [6.45, 7) is 2.23. The van der Waals surface area contributed by atoms with Crippen LogP contribution in [0.25, 0.3) is 10.8 Å². The lowest BCUT2D eigenvalue weighted by molar-refractivity contribution is 0.798. The summed E-state index contributed by atoms with van der Waals surface area (Å²) in [7, 11) is 0. The number of aryl methyl sites for hydroxylation is 1. The van der Waals surface area contributed by atoms with E-state index in [-0.39, 0.29) is 0 Å². The summed E-state index contributed by atoms with van der Waals surface area (Å²) in [4.78, 5) is 1.07. The van der Waals surface area contributed by atoms with Crippen molar-refractivity contribution < 1.29 is 0 Å². The molecule has 0 unspecified atom stereocenters. The van der Waals surface area contributed by atoms with Gasteiger partial charge in [-0.15, -0.1) is 12.6 Å². The largest absolute Gasteiger partial charge is 0.143 e. The minimum Gasteiger partial charge on any atom is -0.143 e. The first kappa shape index (κ1) is 10.6. The van der Waals surface area contributed by atoms with Gasteiger partial charge in [-0.3, -0.25) is 0 Å². The Kier molecular flexibility index (Phi) is 3.32. The summed E-state index contributed by atoms with van der Waals surface area (Å²) in [5.74, 6) is 0. The van der Waals surface area contributed by atoms with Gasteiger partial charge in [0.05, 0.1) is 0 Å². The highest BCUT2D eigenvalue weighted by molar-refractivity contribution is 7.80. The molecule has 0 aliphatic rings. The van der Waals surface area contributed by atoms with Crippen molar-refractivity contribution in [1.29, 1.82) is 0 Å². The van der Waals surface area contributed by atoms with Gasteiger partial charge in [0.15, 0.2) is 0 Å². The van der Waals surface area contributed by atoms with Crippen LogP contribution in [0.2, 0.25) is 0 Å². The molecule has 0 spiro atoms. The topological polar surface area (TPSA) is 0 Å². The van der Waals surface area contributed by atoms with Crippen LogP contribution in [0.1, 0.15) is 25.3 Å². The second kappa shape index (κ2) is 4.71. The van der Waals surface area contributed by atoms with E-state index >= 15 is 0 Å². The lowest BCUT2D eigenvalue weighted by Crippen LogP contribution is -1.87. The Labute approximate surface area is 96.7 Å². The van der Waals surface area contributed by atoms with Crippen molar-refractivity contribution >= 4 is 23.4 Å². The van der Waals surface area contributed by atoms with Crippen molar-refractivity contribution in [2.45, 2.75) is 31.1 Å². The molecule has 0 nitrogen and oxygen atoms in total. The third kappa shape index (κ3) is 2.35. The maximum Gasteiger partial charge on any atom is 0.00491 e. The zero-order valence-corrected chi connectivity index (χ0v) is 9.93. The number of hydrogen-bond donors (Lipinski definition) is 1. The van der Waals surface area contributed by atoms with Gasteiger partial charge in [0.2, 0.25) is 0 Å². The Balaban J connectivity index is 2.50. The summed E-state index contributed by atoms with van der Waals surface area (Å²) in [6.07, 6.45) is 3.65. The fourth-order valence-electron chi connectivity index (χ4n) is 1.95. The summed E-state index contributed by atoms with van der Waals surface area (Å²) < 4.78 is 0. The molecule has 0 radical (unpaired) electrons. The van der Waals surface area contributed by atoms with Gasteiger partial charge >= 0.3 is 0 Å².